The molecule has 0 aliphatic carbocycles. The minimum absolute atomic E-state index is 0.0361. The minimum Gasteiger partial charge on any atom is -0.349 e. The summed E-state index contributed by atoms with van der Waals surface area (Å²) in [4.78, 5) is 11.9. The number of rotatable bonds is 5. The van der Waals surface area contributed by atoms with Crippen LogP contribution in [-0.4, -0.2) is 11.9 Å². The lowest BCUT2D eigenvalue weighted by Crippen LogP contribution is -2.33. The first-order chi connectivity index (χ1) is 8.08. The molecule has 1 N–H and O–H groups in total. The number of carbonyl (C=O) groups excluding carboxylic acids is 1. The van der Waals surface area contributed by atoms with Gasteiger partial charge in [0.05, 0.1) is 0 Å². The van der Waals surface area contributed by atoms with Crippen molar-refractivity contribution in [2.45, 2.75) is 52.5 Å². The fourth-order valence-corrected chi connectivity index (χ4v) is 1.78. The maximum atomic E-state index is 11.9. The highest BCUT2D eigenvalue weighted by Gasteiger charge is 2.10. The molecule has 1 aromatic carbocycles. The van der Waals surface area contributed by atoms with E-state index < -0.39 is 0 Å². The van der Waals surface area contributed by atoms with Gasteiger partial charge in [0.25, 0.3) is 5.91 Å². The highest BCUT2D eigenvalue weighted by Crippen LogP contribution is 2.14. The fraction of sp³-hybridized carbons (Fsp3) is 0.533. The van der Waals surface area contributed by atoms with Crippen LogP contribution in [0.15, 0.2) is 24.3 Å². The van der Waals surface area contributed by atoms with Gasteiger partial charge in [0, 0.05) is 11.6 Å². The van der Waals surface area contributed by atoms with E-state index in [1.165, 1.54) is 5.56 Å². The molecule has 17 heavy (non-hydrogen) atoms. The second-order valence-electron chi connectivity index (χ2n) is 4.76. The van der Waals surface area contributed by atoms with E-state index in [9.17, 15) is 4.79 Å². The zero-order valence-electron chi connectivity index (χ0n) is 11.3. The second-order valence-corrected chi connectivity index (χ2v) is 4.76. The summed E-state index contributed by atoms with van der Waals surface area (Å²) in [5.74, 6) is 0.542. The third-order valence-corrected chi connectivity index (χ3v) is 3.16. The van der Waals surface area contributed by atoms with Crippen LogP contribution in [-0.2, 0) is 0 Å². The average molecular weight is 233 g/mol. The van der Waals surface area contributed by atoms with Crippen molar-refractivity contribution in [2.75, 3.05) is 0 Å². The molecule has 0 heterocycles. The molecular weight excluding hydrogens is 210 g/mol. The van der Waals surface area contributed by atoms with Crippen LogP contribution in [0.5, 0.6) is 0 Å². The van der Waals surface area contributed by atoms with Gasteiger partial charge in [-0.05, 0) is 36.5 Å². The number of amides is 1. The summed E-state index contributed by atoms with van der Waals surface area (Å²) in [6.07, 6.45) is 1.96. The highest BCUT2D eigenvalue weighted by molar-refractivity contribution is 5.94. The van der Waals surface area contributed by atoms with Crippen LogP contribution in [0.2, 0.25) is 0 Å². The molecule has 0 aliphatic heterocycles. The molecular formula is C15H23NO. The predicted molar refractivity (Wildman–Crippen MR) is 72.4 cm³/mol. The number of benzene rings is 1. The standard InChI is InChI=1S/C15H23NO/c1-5-14(6-2)16-15(17)13-9-7-12(8-10-13)11(3)4/h7-11,14H,5-6H2,1-4H3,(H,16,17). The van der Waals surface area contributed by atoms with Gasteiger partial charge in [-0.1, -0.05) is 39.8 Å². The Bertz CT molecular complexity index is 350. The molecule has 0 atom stereocenters. The molecule has 0 saturated carbocycles. The maximum absolute atomic E-state index is 11.9. The van der Waals surface area contributed by atoms with Crippen LogP contribution < -0.4 is 5.32 Å². The van der Waals surface area contributed by atoms with Crippen LogP contribution >= 0.6 is 0 Å². The summed E-state index contributed by atoms with van der Waals surface area (Å²) in [5.41, 5.74) is 2.02. The van der Waals surface area contributed by atoms with Crippen LogP contribution in [0.1, 0.15) is 62.4 Å². The van der Waals surface area contributed by atoms with E-state index in [2.05, 4.69) is 33.0 Å². The Morgan fingerprint density at radius 3 is 2.06 bits per heavy atom. The van der Waals surface area contributed by atoms with E-state index in [1.807, 2.05) is 24.3 Å². The van der Waals surface area contributed by atoms with Gasteiger partial charge in [0.1, 0.15) is 0 Å². The van der Waals surface area contributed by atoms with Gasteiger partial charge >= 0.3 is 0 Å². The van der Waals surface area contributed by atoms with Gasteiger partial charge in [-0.3, -0.25) is 4.79 Å². The van der Waals surface area contributed by atoms with E-state index in [-0.39, 0.29) is 11.9 Å². The first-order valence-electron chi connectivity index (χ1n) is 6.49. The quantitative estimate of drug-likeness (QED) is 0.825. The van der Waals surface area contributed by atoms with Gasteiger partial charge in [0.2, 0.25) is 0 Å². The first-order valence-corrected chi connectivity index (χ1v) is 6.49. The molecule has 1 amide bonds. The van der Waals surface area contributed by atoms with Gasteiger partial charge in [0.15, 0.2) is 0 Å². The smallest absolute Gasteiger partial charge is 0.251 e. The van der Waals surface area contributed by atoms with Crippen molar-refractivity contribution in [1.29, 1.82) is 0 Å². The van der Waals surface area contributed by atoms with Crippen molar-refractivity contribution in [2.24, 2.45) is 0 Å². The van der Waals surface area contributed by atoms with Crippen LogP contribution in [0, 0.1) is 0 Å². The molecule has 0 aliphatic rings. The molecule has 0 aromatic heterocycles. The monoisotopic (exact) mass is 233 g/mol. The maximum Gasteiger partial charge on any atom is 0.251 e. The summed E-state index contributed by atoms with van der Waals surface area (Å²) in [5, 5.41) is 3.04. The topological polar surface area (TPSA) is 29.1 Å². The average Bonchev–Trinajstić information content (AvgIpc) is 2.35. The van der Waals surface area contributed by atoms with E-state index in [0.29, 0.717) is 5.92 Å². The largest absolute Gasteiger partial charge is 0.349 e. The third kappa shape index (κ3) is 3.88. The van der Waals surface area contributed by atoms with Crippen molar-refractivity contribution < 1.29 is 4.79 Å². The Kier molecular flexibility index (Phi) is 5.20. The molecule has 0 radical (unpaired) electrons. The Hall–Kier alpha value is -1.31. The second kappa shape index (κ2) is 6.43. The summed E-state index contributed by atoms with van der Waals surface area (Å²) < 4.78 is 0. The van der Waals surface area contributed by atoms with E-state index in [4.69, 9.17) is 0 Å². The van der Waals surface area contributed by atoms with E-state index >= 15 is 0 Å². The zero-order chi connectivity index (χ0) is 12.8. The van der Waals surface area contributed by atoms with E-state index in [0.717, 1.165) is 18.4 Å². The summed E-state index contributed by atoms with van der Waals surface area (Å²) in [6, 6.07) is 8.17. The lowest BCUT2D eigenvalue weighted by Gasteiger charge is -2.15. The summed E-state index contributed by atoms with van der Waals surface area (Å²) in [7, 11) is 0. The summed E-state index contributed by atoms with van der Waals surface area (Å²) >= 11 is 0. The Morgan fingerprint density at radius 1 is 1.12 bits per heavy atom. The van der Waals surface area contributed by atoms with Crippen molar-refractivity contribution in [3.8, 4) is 0 Å². The van der Waals surface area contributed by atoms with Crippen molar-refractivity contribution in [3.05, 3.63) is 35.4 Å². The van der Waals surface area contributed by atoms with Crippen LogP contribution in [0.25, 0.3) is 0 Å². The molecule has 1 rings (SSSR count). The van der Waals surface area contributed by atoms with Crippen molar-refractivity contribution in [3.63, 3.8) is 0 Å². The molecule has 0 fully saturated rings. The van der Waals surface area contributed by atoms with Gasteiger partial charge in [-0.2, -0.15) is 0 Å². The third-order valence-electron chi connectivity index (χ3n) is 3.16. The number of carbonyl (C=O) groups is 1. The van der Waals surface area contributed by atoms with Crippen molar-refractivity contribution in [1.82, 2.24) is 5.32 Å². The Morgan fingerprint density at radius 2 is 1.65 bits per heavy atom. The number of nitrogens with one attached hydrogen (secondary N) is 1. The molecule has 94 valence electrons. The van der Waals surface area contributed by atoms with Crippen LogP contribution in [0.4, 0.5) is 0 Å². The predicted octanol–water partition coefficient (Wildman–Crippen LogP) is 3.73. The van der Waals surface area contributed by atoms with Gasteiger partial charge in [-0.25, -0.2) is 0 Å². The molecule has 0 saturated heterocycles. The first kappa shape index (κ1) is 13.8. The summed E-state index contributed by atoms with van der Waals surface area (Å²) in [6.45, 7) is 8.49. The zero-order valence-corrected chi connectivity index (χ0v) is 11.3. The lowest BCUT2D eigenvalue weighted by atomic mass is 10.0. The Balaban J connectivity index is 2.69. The van der Waals surface area contributed by atoms with Crippen LogP contribution in [0.3, 0.4) is 0 Å². The van der Waals surface area contributed by atoms with Gasteiger partial charge < -0.3 is 5.32 Å². The fourth-order valence-electron chi connectivity index (χ4n) is 1.78. The number of hydrogen-bond acceptors (Lipinski definition) is 1. The normalized spacial score (nSPS) is 10.9. The number of hydrogen-bond donors (Lipinski definition) is 1. The molecule has 2 nitrogen and oxygen atoms in total. The lowest BCUT2D eigenvalue weighted by molar-refractivity contribution is 0.0935. The van der Waals surface area contributed by atoms with Gasteiger partial charge in [-0.15, -0.1) is 0 Å². The molecule has 0 unspecified atom stereocenters. The Labute approximate surface area is 104 Å². The highest BCUT2D eigenvalue weighted by atomic mass is 16.1. The van der Waals surface area contributed by atoms with E-state index in [1.54, 1.807) is 0 Å². The van der Waals surface area contributed by atoms with Crippen molar-refractivity contribution >= 4 is 5.91 Å². The molecule has 2 heteroatoms. The molecule has 1 aromatic rings. The molecule has 0 spiro atoms. The minimum atomic E-state index is 0.0361. The molecule has 0 bridgehead atoms. The SMILES string of the molecule is CCC(CC)NC(=O)c1ccc(C(C)C)cc1.